The van der Waals surface area contributed by atoms with Gasteiger partial charge in [0.2, 0.25) is 0 Å². The number of alkyl halides is 6. The third kappa shape index (κ3) is 14.1. The Kier molecular flexibility index (Phi) is 16.0. The Morgan fingerprint density at radius 3 is 1.17 bits per heavy atom. The largest absolute Gasteiger partial charge is 0.457 e. The van der Waals surface area contributed by atoms with E-state index in [-0.39, 0.29) is 13.2 Å². The third-order valence-electron chi connectivity index (χ3n) is 12.3. The smallest absolute Gasteiger partial charge is 0.411 e. The van der Waals surface area contributed by atoms with Crippen LogP contribution < -0.4 is 4.74 Å². The lowest BCUT2D eigenvalue weighted by Crippen LogP contribution is -2.16. The lowest BCUT2D eigenvalue weighted by Gasteiger charge is -2.28. The van der Waals surface area contributed by atoms with Crippen molar-refractivity contribution in [1.29, 1.82) is 0 Å². The van der Waals surface area contributed by atoms with Crippen LogP contribution in [0.15, 0.2) is 84.9 Å². The van der Waals surface area contributed by atoms with E-state index in [4.69, 9.17) is 14.2 Å². The molecule has 0 amide bonds. The van der Waals surface area contributed by atoms with Gasteiger partial charge in [-0.1, -0.05) is 100 Å². The van der Waals surface area contributed by atoms with E-state index in [1.54, 1.807) is 24.3 Å². The molecule has 3 nitrogen and oxygen atoms in total. The fraction of sp³-hybridized carbons (Fsp3) is 0.520. The van der Waals surface area contributed by atoms with Gasteiger partial charge < -0.3 is 14.2 Å². The van der Waals surface area contributed by atoms with Crippen molar-refractivity contribution in [3.8, 4) is 11.5 Å². The molecule has 0 bridgehead atoms. The normalized spacial score (nSPS) is 20.1. The Balaban J connectivity index is 1.23. The molecule has 0 aliphatic heterocycles. The molecule has 0 unspecified atom stereocenters. The Hall–Kier alpha value is -3.82. The van der Waals surface area contributed by atoms with Crippen LogP contribution in [0.5, 0.6) is 11.5 Å². The number of benzene rings is 4. The molecule has 0 N–H and O–H groups in total. The highest BCUT2D eigenvalue weighted by Gasteiger charge is 2.29. The van der Waals surface area contributed by atoms with Crippen molar-refractivity contribution in [2.45, 2.75) is 141 Å². The van der Waals surface area contributed by atoms with Crippen LogP contribution in [0.1, 0.15) is 147 Å². The van der Waals surface area contributed by atoms with Crippen molar-refractivity contribution in [2.24, 2.45) is 11.8 Å². The standard InChI is InChI=1S/C50H60F6O3/c1-3-5-35-7-17-41(18-8-35)43-21-11-37(12-22-43)27-45-29-39(31-57-33-49(51,52)53)15-25-47(45)59-48-26-16-40(32-58-34-50(54,55)56)30-46(48)28-38-13-23-44(24-14-38)42-19-9-36(6-4-2)10-20-42/h11-16,21-26,29-30,35-36,41-42H,3-10,17-20,27-28,31-34H2,1-2H3. The SMILES string of the molecule is CCCC1CCC(c2ccc(Cc3cc(COCC(F)(F)F)ccc3Oc3ccc(COCC(F)(F)F)cc3Cc3ccc(C4CCC(CCC)CC4)cc3)cc2)CC1. The minimum Gasteiger partial charge on any atom is -0.457 e. The van der Waals surface area contributed by atoms with Gasteiger partial charge in [-0.3, -0.25) is 0 Å². The van der Waals surface area contributed by atoms with E-state index in [0.29, 0.717) is 47.3 Å². The van der Waals surface area contributed by atoms with E-state index in [0.717, 1.165) is 34.1 Å². The summed E-state index contributed by atoms with van der Waals surface area (Å²) in [5, 5.41) is 0. The molecule has 9 heteroatoms. The van der Waals surface area contributed by atoms with Crippen LogP contribution in [0.3, 0.4) is 0 Å². The van der Waals surface area contributed by atoms with Crippen molar-refractivity contribution in [3.63, 3.8) is 0 Å². The molecular formula is C50H60F6O3. The summed E-state index contributed by atoms with van der Waals surface area (Å²) in [4.78, 5) is 0. The van der Waals surface area contributed by atoms with E-state index in [9.17, 15) is 26.3 Å². The first-order valence-corrected chi connectivity index (χ1v) is 21.7. The average molecular weight is 823 g/mol. The molecule has 0 heterocycles. The van der Waals surface area contributed by atoms with Crippen molar-refractivity contribution in [3.05, 3.63) is 129 Å². The zero-order valence-corrected chi connectivity index (χ0v) is 34.6. The van der Waals surface area contributed by atoms with Crippen molar-refractivity contribution < 1.29 is 40.6 Å². The van der Waals surface area contributed by atoms with E-state index in [1.807, 2.05) is 12.1 Å². The second-order valence-corrected chi connectivity index (χ2v) is 17.1. The van der Waals surface area contributed by atoms with E-state index in [1.165, 1.54) is 88.2 Å². The topological polar surface area (TPSA) is 27.7 Å². The molecule has 0 saturated heterocycles. The first-order chi connectivity index (χ1) is 28.3. The van der Waals surface area contributed by atoms with Gasteiger partial charge in [-0.25, -0.2) is 0 Å². The predicted molar refractivity (Wildman–Crippen MR) is 222 cm³/mol. The van der Waals surface area contributed by atoms with Gasteiger partial charge in [0.15, 0.2) is 0 Å². The van der Waals surface area contributed by atoms with Gasteiger partial charge >= 0.3 is 12.4 Å². The van der Waals surface area contributed by atoms with Crippen LogP contribution in [0.2, 0.25) is 0 Å². The zero-order chi connectivity index (χ0) is 41.8. The van der Waals surface area contributed by atoms with Crippen molar-refractivity contribution >= 4 is 0 Å². The highest BCUT2D eigenvalue weighted by Crippen LogP contribution is 2.40. The van der Waals surface area contributed by atoms with Crippen molar-refractivity contribution in [1.82, 2.24) is 0 Å². The molecule has 0 radical (unpaired) electrons. The van der Waals surface area contributed by atoms with Gasteiger partial charge in [0.25, 0.3) is 0 Å². The minimum absolute atomic E-state index is 0.208. The maximum absolute atomic E-state index is 12.9. The number of hydrogen-bond acceptors (Lipinski definition) is 3. The molecule has 59 heavy (non-hydrogen) atoms. The summed E-state index contributed by atoms with van der Waals surface area (Å²) in [7, 11) is 0. The predicted octanol–water partition coefficient (Wildman–Crippen LogP) is 15.0. The molecule has 2 saturated carbocycles. The van der Waals surface area contributed by atoms with Crippen LogP contribution in [0.25, 0.3) is 0 Å². The summed E-state index contributed by atoms with van der Waals surface area (Å²) in [5.74, 6) is 3.83. The molecule has 0 aromatic heterocycles. The monoisotopic (exact) mass is 822 g/mol. The van der Waals surface area contributed by atoms with Crippen LogP contribution in [-0.2, 0) is 35.5 Å². The first kappa shape index (κ1) is 44.7. The van der Waals surface area contributed by atoms with E-state index < -0.39 is 25.6 Å². The quantitative estimate of drug-likeness (QED) is 0.0936. The number of ether oxygens (including phenoxy) is 3. The highest BCUT2D eigenvalue weighted by atomic mass is 19.4. The summed E-state index contributed by atoms with van der Waals surface area (Å²) >= 11 is 0. The molecule has 2 aliphatic rings. The summed E-state index contributed by atoms with van der Waals surface area (Å²) in [5.41, 5.74) is 7.52. The van der Waals surface area contributed by atoms with Crippen LogP contribution in [-0.4, -0.2) is 25.6 Å². The second-order valence-electron chi connectivity index (χ2n) is 17.1. The summed E-state index contributed by atoms with van der Waals surface area (Å²) in [6.07, 6.45) is 6.98. The fourth-order valence-electron chi connectivity index (χ4n) is 9.25. The highest BCUT2D eigenvalue weighted by molar-refractivity contribution is 5.47. The maximum atomic E-state index is 12.9. The Bertz CT molecular complexity index is 1730. The Morgan fingerprint density at radius 1 is 0.475 bits per heavy atom. The van der Waals surface area contributed by atoms with Gasteiger partial charge in [0, 0.05) is 12.8 Å². The average Bonchev–Trinajstić information content (AvgIpc) is 3.20. The van der Waals surface area contributed by atoms with Crippen molar-refractivity contribution in [2.75, 3.05) is 13.2 Å². The molecule has 2 fully saturated rings. The van der Waals surface area contributed by atoms with Crippen LogP contribution >= 0.6 is 0 Å². The molecule has 6 rings (SSSR count). The molecule has 4 aromatic rings. The molecule has 0 spiro atoms. The van der Waals surface area contributed by atoms with E-state index >= 15 is 0 Å². The van der Waals surface area contributed by atoms with Gasteiger partial charge in [-0.15, -0.1) is 0 Å². The lowest BCUT2D eigenvalue weighted by molar-refractivity contribution is -0.177. The van der Waals surface area contributed by atoms with Crippen LogP contribution in [0.4, 0.5) is 26.3 Å². The Morgan fingerprint density at radius 2 is 0.831 bits per heavy atom. The van der Waals surface area contributed by atoms with E-state index in [2.05, 4.69) is 62.4 Å². The summed E-state index contributed by atoms with van der Waals surface area (Å²) in [6.45, 7) is 1.40. The first-order valence-electron chi connectivity index (χ1n) is 21.7. The van der Waals surface area contributed by atoms with Gasteiger partial charge in [-0.2, -0.15) is 26.3 Å². The van der Waals surface area contributed by atoms with Gasteiger partial charge in [-0.05, 0) is 144 Å². The second kappa shape index (κ2) is 21.1. The van der Waals surface area contributed by atoms with Crippen LogP contribution in [0, 0.1) is 11.8 Å². The van der Waals surface area contributed by atoms with Gasteiger partial charge in [0.05, 0.1) is 13.2 Å². The molecule has 0 atom stereocenters. The zero-order valence-electron chi connectivity index (χ0n) is 34.6. The minimum atomic E-state index is -4.43. The molecule has 4 aromatic carbocycles. The Labute approximate surface area is 346 Å². The maximum Gasteiger partial charge on any atom is 0.411 e. The number of halogens is 6. The summed E-state index contributed by atoms with van der Waals surface area (Å²) in [6, 6.07) is 28.0. The third-order valence-corrected chi connectivity index (χ3v) is 12.3. The number of rotatable bonds is 18. The van der Waals surface area contributed by atoms with Gasteiger partial charge in [0.1, 0.15) is 24.7 Å². The fourth-order valence-corrected chi connectivity index (χ4v) is 9.25. The molecule has 2 aliphatic carbocycles. The summed E-state index contributed by atoms with van der Waals surface area (Å²) < 4.78 is 94.3. The molecule has 320 valence electrons. The number of hydrogen-bond donors (Lipinski definition) is 0. The lowest BCUT2D eigenvalue weighted by atomic mass is 9.77. The molecular weight excluding hydrogens is 763 g/mol.